The maximum Gasteiger partial charge on any atom is 0.398 e. The lowest BCUT2D eigenvalue weighted by Crippen LogP contribution is -2.32. The monoisotopic (exact) mass is 400 g/mol. The number of benzene rings is 2. The molecule has 0 fully saturated rings. The first-order valence-electron chi connectivity index (χ1n) is 7.97. The predicted octanol–water partition coefficient (Wildman–Crippen LogP) is 4.55. The zero-order valence-electron chi connectivity index (χ0n) is 14.5. The number of anilines is 1. The van der Waals surface area contributed by atoms with E-state index in [9.17, 15) is 18.0 Å². The van der Waals surface area contributed by atoms with E-state index in [0.717, 1.165) is 0 Å². The predicted molar refractivity (Wildman–Crippen MR) is 98.7 cm³/mol. The van der Waals surface area contributed by atoms with Crippen LogP contribution in [-0.4, -0.2) is 38.2 Å². The zero-order valence-corrected chi connectivity index (χ0v) is 15.3. The van der Waals surface area contributed by atoms with Gasteiger partial charge in [0.25, 0.3) is 0 Å². The summed E-state index contributed by atoms with van der Waals surface area (Å²) in [4.78, 5) is 12.3. The van der Waals surface area contributed by atoms with E-state index in [4.69, 9.17) is 9.47 Å². The highest BCUT2D eigenvalue weighted by Gasteiger charge is 2.27. The number of nitrogens with one attached hydrogen (secondary N) is 2. The average molecular weight is 400 g/mol. The van der Waals surface area contributed by atoms with Crippen LogP contribution in [0.5, 0.6) is 11.5 Å². The van der Waals surface area contributed by atoms with Gasteiger partial charge in [-0.3, -0.25) is 0 Å². The molecule has 2 N–H and O–H groups in total. The Morgan fingerprint density at radius 1 is 1.11 bits per heavy atom. The van der Waals surface area contributed by atoms with Crippen molar-refractivity contribution in [3.8, 4) is 11.5 Å². The van der Waals surface area contributed by atoms with Crippen molar-refractivity contribution in [1.29, 1.82) is 0 Å². The highest BCUT2D eigenvalue weighted by Crippen LogP contribution is 2.32. The Bertz CT molecular complexity index is 757. The molecule has 2 aromatic rings. The van der Waals surface area contributed by atoms with E-state index in [1.54, 1.807) is 49.6 Å². The highest BCUT2D eigenvalue weighted by molar-refractivity contribution is 7.99. The van der Waals surface area contributed by atoms with Crippen molar-refractivity contribution in [1.82, 2.24) is 5.32 Å². The molecule has 0 unspecified atom stereocenters. The number of urea groups is 1. The summed E-state index contributed by atoms with van der Waals surface area (Å²) in [5.74, 6) is 0.235. The Hall–Kier alpha value is -2.55. The second-order valence-electron chi connectivity index (χ2n) is 5.31. The van der Waals surface area contributed by atoms with E-state index in [-0.39, 0.29) is 13.2 Å². The lowest BCUT2D eigenvalue weighted by molar-refractivity contribution is -0.105. The summed E-state index contributed by atoms with van der Waals surface area (Å²) >= 11 is 0.621. The summed E-state index contributed by atoms with van der Waals surface area (Å²) in [7, 11) is 1.55. The van der Waals surface area contributed by atoms with Gasteiger partial charge in [-0.25, -0.2) is 4.79 Å². The van der Waals surface area contributed by atoms with Gasteiger partial charge < -0.3 is 20.1 Å². The number of amides is 2. The van der Waals surface area contributed by atoms with Crippen LogP contribution in [0.4, 0.5) is 23.7 Å². The van der Waals surface area contributed by atoms with Crippen LogP contribution in [-0.2, 0) is 0 Å². The number of para-hydroxylation sites is 1. The van der Waals surface area contributed by atoms with Gasteiger partial charge in [0.1, 0.15) is 18.1 Å². The Balaban J connectivity index is 1.78. The van der Waals surface area contributed by atoms with E-state index < -0.39 is 18.0 Å². The Labute approximate surface area is 159 Å². The number of alkyl halides is 3. The summed E-state index contributed by atoms with van der Waals surface area (Å²) < 4.78 is 47.7. The van der Waals surface area contributed by atoms with E-state index in [1.165, 1.54) is 6.07 Å². The minimum atomic E-state index is -4.28. The van der Waals surface area contributed by atoms with Crippen molar-refractivity contribution in [2.75, 3.05) is 31.3 Å². The summed E-state index contributed by atoms with van der Waals surface area (Å²) in [5.41, 5.74) is 0.318. The average Bonchev–Trinajstić information content (AvgIpc) is 2.64. The lowest BCUT2D eigenvalue weighted by atomic mass is 10.3. The highest BCUT2D eigenvalue weighted by atomic mass is 32.2. The van der Waals surface area contributed by atoms with Crippen molar-refractivity contribution in [3.63, 3.8) is 0 Å². The first-order valence-corrected chi connectivity index (χ1v) is 8.96. The van der Waals surface area contributed by atoms with Crippen molar-refractivity contribution < 1.29 is 27.4 Å². The van der Waals surface area contributed by atoms with Crippen molar-refractivity contribution in [2.24, 2.45) is 0 Å². The molecule has 0 aliphatic heterocycles. The largest absolute Gasteiger partial charge is 0.497 e. The molecule has 2 rings (SSSR count). The zero-order chi connectivity index (χ0) is 19.7. The maximum atomic E-state index is 12.4. The normalized spacial score (nSPS) is 11.0. The van der Waals surface area contributed by atoms with Gasteiger partial charge in [0, 0.05) is 11.0 Å². The van der Waals surface area contributed by atoms with Crippen LogP contribution in [0.3, 0.4) is 0 Å². The number of thioether (sulfide) groups is 1. The second kappa shape index (κ2) is 9.96. The molecule has 0 heterocycles. The van der Waals surface area contributed by atoms with Gasteiger partial charge in [-0.2, -0.15) is 13.2 Å². The number of hydrogen-bond donors (Lipinski definition) is 2. The van der Waals surface area contributed by atoms with Crippen LogP contribution in [0.1, 0.15) is 0 Å². The van der Waals surface area contributed by atoms with E-state index in [0.29, 0.717) is 33.8 Å². The second-order valence-corrected chi connectivity index (χ2v) is 6.33. The summed E-state index contributed by atoms with van der Waals surface area (Å²) in [6, 6.07) is 12.8. The molecule has 0 saturated carbocycles. The van der Waals surface area contributed by atoms with Crippen LogP contribution in [0.15, 0.2) is 53.4 Å². The number of ether oxygens (including phenoxy) is 2. The van der Waals surface area contributed by atoms with Crippen LogP contribution in [0, 0.1) is 0 Å². The van der Waals surface area contributed by atoms with E-state index in [2.05, 4.69) is 10.6 Å². The summed E-state index contributed by atoms with van der Waals surface area (Å²) in [5, 5.41) is 5.14. The molecule has 0 bridgehead atoms. The van der Waals surface area contributed by atoms with E-state index >= 15 is 0 Å². The summed E-state index contributed by atoms with van der Waals surface area (Å²) in [6.45, 7) is 0.450. The topological polar surface area (TPSA) is 59.6 Å². The number of hydrogen-bond acceptors (Lipinski definition) is 4. The minimum absolute atomic E-state index is 0.223. The van der Waals surface area contributed by atoms with Gasteiger partial charge in [0.2, 0.25) is 0 Å². The van der Waals surface area contributed by atoms with Crippen molar-refractivity contribution in [3.05, 3.63) is 48.5 Å². The molecular formula is C18H19F3N2O3S. The molecule has 0 aliphatic rings. The van der Waals surface area contributed by atoms with Gasteiger partial charge in [-0.05, 0) is 24.3 Å². The van der Waals surface area contributed by atoms with Crippen LogP contribution >= 0.6 is 11.8 Å². The van der Waals surface area contributed by atoms with Crippen LogP contribution in [0.2, 0.25) is 0 Å². The van der Waals surface area contributed by atoms with Crippen molar-refractivity contribution >= 4 is 23.5 Å². The molecule has 0 aliphatic carbocycles. The Morgan fingerprint density at radius 2 is 1.85 bits per heavy atom. The van der Waals surface area contributed by atoms with Gasteiger partial charge >= 0.3 is 12.2 Å². The molecule has 5 nitrogen and oxygen atoms in total. The molecule has 0 atom stereocenters. The van der Waals surface area contributed by atoms with Gasteiger partial charge in [0.05, 0.1) is 25.1 Å². The third-order valence-electron chi connectivity index (χ3n) is 3.22. The van der Waals surface area contributed by atoms with Gasteiger partial charge in [0.15, 0.2) is 0 Å². The number of carbonyl (C=O) groups excluding carboxylic acids is 1. The van der Waals surface area contributed by atoms with Crippen molar-refractivity contribution in [2.45, 2.75) is 11.1 Å². The van der Waals surface area contributed by atoms with Crippen LogP contribution in [0.25, 0.3) is 0 Å². The maximum absolute atomic E-state index is 12.4. The first kappa shape index (κ1) is 20.8. The lowest BCUT2D eigenvalue weighted by Gasteiger charge is -2.13. The smallest absolute Gasteiger partial charge is 0.398 e. The third-order valence-corrected chi connectivity index (χ3v) is 4.36. The fourth-order valence-corrected chi connectivity index (χ4v) is 2.81. The molecular weight excluding hydrogens is 381 g/mol. The number of halogens is 3. The van der Waals surface area contributed by atoms with Gasteiger partial charge in [-0.15, -0.1) is 11.8 Å². The quantitative estimate of drug-likeness (QED) is 0.504. The Kier molecular flexibility index (Phi) is 7.66. The molecule has 146 valence electrons. The van der Waals surface area contributed by atoms with Crippen LogP contribution < -0.4 is 20.1 Å². The molecule has 9 heteroatoms. The molecule has 2 aromatic carbocycles. The van der Waals surface area contributed by atoms with Gasteiger partial charge in [-0.1, -0.05) is 18.2 Å². The third kappa shape index (κ3) is 7.69. The first-order chi connectivity index (χ1) is 12.9. The SMILES string of the molecule is COc1cccc(OCCNC(=O)Nc2ccccc2SCC(F)(F)F)c1. The number of methoxy groups -OCH3 is 1. The molecule has 2 amide bonds. The molecule has 0 aromatic heterocycles. The molecule has 0 radical (unpaired) electrons. The Morgan fingerprint density at radius 3 is 2.59 bits per heavy atom. The fraction of sp³-hybridized carbons (Fsp3) is 0.278. The summed E-state index contributed by atoms with van der Waals surface area (Å²) in [6.07, 6.45) is -4.28. The number of carbonyl (C=O) groups is 1. The molecule has 27 heavy (non-hydrogen) atoms. The minimum Gasteiger partial charge on any atom is -0.497 e. The molecule has 0 spiro atoms. The number of rotatable bonds is 8. The standard InChI is InChI=1S/C18H19F3N2O3S/c1-25-13-5-4-6-14(11-13)26-10-9-22-17(24)23-15-7-2-3-8-16(15)27-12-18(19,20)21/h2-8,11H,9-10,12H2,1H3,(H2,22,23,24). The van der Waals surface area contributed by atoms with E-state index in [1.807, 2.05) is 0 Å². The molecule has 0 saturated heterocycles. The fourth-order valence-electron chi connectivity index (χ4n) is 2.05.